The number of amides is 1. The van der Waals surface area contributed by atoms with E-state index in [-0.39, 0.29) is 17.9 Å². The Morgan fingerprint density at radius 1 is 1.05 bits per heavy atom. The number of piperidine rings is 1. The molecule has 3 aromatic rings. The maximum Gasteiger partial charge on any atom is 0.241 e. The fourth-order valence-corrected chi connectivity index (χ4v) is 5.38. The van der Waals surface area contributed by atoms with Crippen LogP contribution in [-0.4, -0.2) is 61.3 Å². The van der Waals surface area contributed by atoms with E-state index in [0.717, 1.165) is 43.6 Å². The molecule has 9 heteroatoms. The molecule has 2 saturated heterocycles. The molecule has 2 aliphatic rings. The summed E-state index contributed by atoms with van der Waals surface area (Å²) in [5.74, 6) is 2.31. The molecule has 202 valence electrons. The normalized spacial score (nSPS) is 18.8. The van der Waals surface area contributed by atoms with E-state index in [1.807, 2.05) is 18.2 Å². The third kappa shape index (κ3) is 5.93. The second-order valence-electron chi connectivity index (χ2n) is 10.2. The van der Waals surface area contributed by atoms with Crippen molar-refractivity contribution in [2.24, 2.45) is 5.92 Å². The first-order valence-corrected chi connectivity index (χ1v) is 13.5. The number of aromatic nitrogens is 2. The topological polar surface area (TPSA) is 93.0 Å². The first kappa shape index (κ1) is 26.0. The Bertz CT molecular complexity index is 1220. The van der Waals surface area contributed by atoms with Gasteiger partial charge in [0.1, 0.15) is 0 Å². The van der Waals surface area contributed by atoms with E-state index >= 15 is 0 Å². The molecule has 1 amide bonds. The molecule has 0 spiro atoms. The largest absolute Gasteiger partial charge is 0.493 e. The highest BCUT2D eigenvalue weighted by atomic mass is 16.5. The van der Waals surface area contributed by atoms with Crippen molar-refractivity contribution in [1.82, 2.24) is 20.4 Å². The number of carbonyl (C=O) groups is 1. The summed E-state index contributed by atoms with van der Waals surface area (Å²) < 4.78 is 16.2. The van der Waals surface area contributed by atoms with E-state index in [1.54, 1.807) is 14.2 Å². The highest BCUT2D eigenvalue weighted by Gasteiger charge is 2.28. The van der Waals surface area contributed by atoms with Crippen molar-refractivity contribution < 1.29 is 18.8 Å². The molecule has 2 atom stereocenters. The van der Waals surface area contributed by atoms with Gasteiger partial charge in [-0.2, -0.15) is 4.98 Å². The molecular formula is C29H37N5O4. The van der Waals surface area contributed by atoms with E-state index < -0.39 is 0 Å². The second kappa shape index (κ2) is 11.9. The Morgan fingerprint density at radius 2 is 1.82 bits per heavy atom. The molecule has 5 rings (SSSR count). The van der Waals surface area contributed by atoms with E-state index in [1.165, 1.54) is 18.5 Å². The number of nitrogens with one attached hydrogen (secondary N) is 1. The average Bonchev–Trinajstić information content (AvgIpc) is 3.66. The van der Waals surface area contributed by atoms with Gasteiger partial charge in [-0.25, -0.2) is 0 Å². The molecule has 0 aliphatic carbocycles. The van der Waals surface area contributed by atoms with Crippen LogP contribution in [0.1, 0.15) is 50.1 Å². The van der Waals surface area contributed by atoms with Gasteiger partial charge in [0.05, 0.1) is 32.7 Å². The van der Waals surface area contributed by atoms with Crippen LogP contribution in [0.5, 0.6) is 11.5 Å². The van der Waals surface area contributed by atoms with Gasteiger partial charge in [-0.3, -0.25) is 9.69 Å². The molecule has 3 heterocycles. The highest BCUT2D eigenvalue weighted by molar-refractivity contribution is 5.79. The van der Waals surface area contributed by atoms with Gasteiger partial charge in [0.2, 0.25) is 17.6 Å². The van der Waals surface area contributed by atoms with E-state index in [0.29, 0.717) is 36.3 Å². The third-order valence-corrected chi connectivity index (χ3v) is 7.57. The summed E-state index contributed by atoms with van der Waals surface area (Å²) in [5, 5.41) is 7.38. The number of nitrogens with zero attached hydrogens (tertiary/aromatic N) is 4. The zero-order valence-corrected chi connectivity index (χ0v) is 22.5. The summed E-state index contributed by atoms with van der Waals surface area (Å²) in [5.41, 5.74) is 3.18. The smallest absolute Gasteiger partial charge is 0.241 e. The maximum absolute atomic E-state index is 13.1. The maximum atomic E-state index is 13.1. The number of benzene rings is 2. The van der Waals surface area contributed by atoms with Crippen LogP contribution in [-0.2, 0) is 11.3 Å². The molecule has 1 aromatic heterocycles. The third-order valence-electron chi connectivity index (χ3n) is 7.57. The minimum atomic E-state index is -0.0664. The van der Waals surface area contributed by atoms with Crippen LogP contribution in [0.2, 0.25) is 0 Å². The lowest BCUT2D eigenvalue weighted by molar-refractivity contribution is -0.127. The Morgan fingerprint density at radius 3 is 2.55 bits per heavy atom. The minimum Gasteiger partial charge on any atom is -0.493 e. The average molecular weight is 520 g/mol. The summed E-state index contributed by atoms with van der Waals surface area (Å²) in [7, 11) is 3.20. The van der Waals surface area contributed by atoms with Crippen molar-refractivity contribution in [3.05, 3.63) is 53.9 Å². The van der Waals surface area contributed by atoms with Crippen LogP contribution in [0.4, 0.5) is 5.69 Å². The van der Waals surface area contributed by atoms with Crippen molar-refractivity contribution >= 4 is 11.6 Å². The van der Waals surface area contributed by atoms with E-state index in [9.17, 15) is 4.79 Å². The molecular weight excluding hydrogens is 482 g/mol. The molecule has 1 N–H and O–H groups in total. The summed E-state index contributed by atoms with van der Waals surface area (Å²) >= 11 is 0. The van der Waals surface area contributed by atoms with Crippen molar-refractivity contribution in [2.45, 2.75) is 45.2 Å². The number of anilines is 1. The zero-order valence-electron chi connectivity index (χ0n) is 22.5. The number of hydrogen-bond acceptors (Lipinski definition) is 8. The predicted octanol–water partition coefficient (Wildman–Crippen LogP) is 4.44. The molecule has 2 unspecified atom stereocenters. The Kier molecular flexibility index (Phi) is 8.12. The van der Waals surface area contributed by atoms with Crippen LogP contribution in [0, 0.1) is 5.92 Å². The molecule has 0 radical (unpaired) electrons. The molecule has 38 heavy (non-hydrogen) atoms. The van der Waals surface area contributed by atoms with Crippen LogP contribution in [0.25, 0.3) is 11.4 Å². The fourth-order valence-electron chi connectivity index (χ4n) is 5.38. The molecule has 2 fully saturated rings. The van der Waals surface area contributed by atoms with Crippen molar-refractivity contribution in [3.63, 3.8) is 0 Å². The zero-order chi connectivity index (χ0) is 26.5. The number of methoxy groups -OCH3 is 2. The van der Waals surface area contributed by atoms with Crippen LogP contribution in [0.15, 0.2) is 47.0 Å². The lowest BCUT2D eigenvalue weighted by atomic mass is 9.96. The summed E-state index contributed by atoms with van der Waals surface area (Å²) in [6.07, 6.45) is 4.35. The lowest BCUT2D eigenvalue weighted by Gasteiger charge is -2.31. The Balaban J connectivity index is 1.15. The van der Waals surface area contributed by atoms with Gasteiger partial charge < -0.3 is 24.2 Å². The first-order valence-electron chi connectivity index (χ1n) is 13.5. The van der Waals surface area contributed by atoms with Crippen molar-refractivity contribution in [2.75, 3.05) is 45.3 Å². The molecule has 9 nitrogen and oxygen atoms in total. The van der Waals surface area contributed by atoms with Crippen LogP contribution in [0.3, 0.4) is 0 Å². The van der Waals surface area contributed by atoms with Crippen LogP contribution >= 0.6 is 0 Å². The van der Waals surface area contributed by atoms with Gasteiger partial charge in [-0.05, 0) is 75.0 Å². The number of hydrogen-bond donors (Lipinski definition) is 1. The quantitative estimate of drug-likeness (QED) is 0.444. The van der Waals surface area contributed by atoms with Gasteiger partial charge in [0.25, 0.3) is 0 Å². The van der Waals surface area contributed by atoms with Gasteiger partial charge in [-0.1, -0.05) is 17.3 Å². The summed E-state index contributed by atoms with van der Waals surface area (Å²) in [6, 6.07) is 14.1. The summed E-state index contributed by atoms with van der Waals surface area (Å²) in [6.45, 7) is 6.39. The Hall–Kier alpha value is -3.59. The van der Waals surface area contributed by atoms with Gasteiger partial charge in [-0.15, -0.1) is 0 Å². The lowest BCUT2D eigenvalue weighted by Crippen LogP contribution is -2.43. The van der Waals surface area contributed by atoms with Crippen molar-refractivity contribution in [3.8, 4) is 22.9 Å². The number of ether oxygens (including phenoxy) is 2. The van der Waals surface area contributed by atoms with Crippen LogP contribution < -0.4 is 19.7 Å². The monoisotopic (exact) mass is 519 g/mol. The molecule has 0 bridgehead atoms. The van der Waals surface area contributed by atoms with E-state index in [4.69, 9.17) is 14.0 Å². The number of likely N-dealkylation sites (tertiary alicyclic amines) is 1. The Labute approximate surface area is 224 Å². The van der Waals surface area contributed by atoms with E-state index in [2.05, 4.69) is 56.4 Å². The van der Waals surface area contributed by atoms with Crippen molar-refractivity contribution in [1.29, 1.82) is 0 Å². The number of carbonyl (C=O) groups excluding carboxylic acids is 1. The number of rotatable bonds is 9. The van der Waals surface area contributed by atoms with Gasteiger partial charge in [0.15, 0.2) is 11.5 Å². The van der Waals surface area contributed by atoms with Gasteiger partial charge in [0, 0.05) is 30.9 Å². The fraction of sp³-hybridized carbons (Fsp3) is 0.483. The van der Waals surface area contributed by atoms with Gasteiger partial charge >= 0.3 is 0 Å². The molecule has 0 saturated carbocycles. The second-order valence-corrected chi connectivity index (χ2v) is 10.2. The first-order chi connectivity index (χ1) is 18.5. The SMILES string of the molecule is COc1ccc(-c2noc(CN3CCCC(C(=O)NC(C)c4ccc(N5CCCC5)cc4)C3)n2)cc1OC. The molecule has 2 aliphatic heterocycles. The summed E-state index contributed by atoms with van der Waals surface area (Å²) in [4.78, 5) is 22.4. The highest BCUT2D eigenvalue weighted by Crippen LogP contribution is 2.31. The standard InChI is InChI=1S/C29H37N5O4/c1-20(21-8-11-24(12-9-21)34-15-4-5-16-34)30-29(35)23-7-6-14-33(18-23)19-27-31-28(32-38-27)22-10-13-25(36-2)26(17-22)37-3/h8-13,17,20,23H,4-7,14-16,18-19H2,1-3H3,(H,30,35). The predicted molar refractivity (Wildman–Crippen MR) is 145 cm³/mol. The minimum absolute atomic E-state index is 0.0366. The molecule has 2 aromatic carbocycles.